The summed E-state index contributed by atoms with van der Waals surface area (Å²) in [5.41, 5.74) is 0. The molecule has 0 aliphatic heterocycles. The second-order valence-corrected chi connectivity index (χ2v) is 8.22. The maximum atomic E-state index is 11.6. The monoisotopic (exact) mass is 275 g/mol. The van der Waals surface area contributed by atoms with E-state index >= 15 is 0 Å². The Morgan fingerprint density at radius 2 is 1.89 bits per heavy atom. The highest BCUT2D eigenvalue weighted by Crippen LogP contribution is 2.34. The summed E-state index contributed by atoms with van der Waals surface area (Å²) >= 11 is 0. The molecule has 0 amide bonds. The summed E-state index contributed by atoms with van der Waals surface area (Å²) in [5.74, 6) is 0.745. The first-order valence-electron chi connectivity index (χ1n) is 6.98. The summed E-state index contributed by atoms with van der Waals surface area (Å²) in [4.78, 5) is 0. The molecule has 2 saturated carbocycles. The Morgan fingerprint density at radius 1 is 1.17 bits per heavy atom. The molecule has 2 aliphatic rings. The minimum atomic E-state index is -2.89. The van der Waals surface area contributed by atoms with Crippen molar-refractivity contribution < 1.29 is 13.2 Å². The van der Waals surface area contributed by atoms with E-state index < -0.39 is 9.84 Å². The van der Waals surface area contributed by atoms with Crippen LogP contribution in [-0.2, 0) is 14.6 Å². The lowest BCUT2D eigenvalue weighted by atomic mass is 9.82. The maximum absolute atomic E-state index is 11.6. The minimum Gasteiger partial charge on any atom is -0.375 e. The molecule has 0 bridgehead atoms. The molecule has 2 rings (SSSR count). The fraction of sp³-hybridized carbons (Fsp3) is 1.00. The van der Waals surface area contributed by atoms with Crippen LogP contribution in [0, 0.1) is 5.92 Å². The van der Waals surface area contributed by atoms with E-state index in [1.54, 1.807) is 0 Å². The molecular weight excluding hydrogens is 250 g/mol. The van der Waals surface area contributed by atoms with Crippen molar-refractivity contribution >= 4 is 9.84 Å². The predicted molar refractivity (Wildman–Crippen MR) is 72.4 cm³/mol. The molecule has 0 aromatic rings. The van der Waals surface area contributed by atoms with Crippen molar-refractivity contribution in [1.82, 2.24) is 5.32 Å². The third-order valence-electron chi connectivity index (χ3n) is 4.25. The number of ether oxygens (including phenoxy) is 1. The van der Waals surface area contributed by atoms with Crippen LogP contribution in [0.1, 0.15) is 38.5 Å². The molecule has 106 valence electrons. The summed E-state index contributed by atoms with van der Waals surface area (Å²) in [6.45, 7) is 1.07. The van der Waals surface area contributed by atoms with Gasteiger partial charge in [-0.05, 0) is 58.0 Å². The van der Waals surface area contributed by atoms with Crippen LogP contribution in [0.3, 0.4) is 0 Å². The lowest BCUT2D eigenvalue weighted by molar-refractivity contribution is -0.0853. The van der Waals surface area contributed by atoms with E-state index in [-0.39, 0.29) is 11.4 Å². The standard InChI is InChI=1S/C13H25NO3S/c1-14-9-10-6-12(7-10)17-11-4-3-5-13(8-11)18(2,15)16/h10-14H,3-9H2,1-2H3. The number of nitrogens with one attached hydrogen (secondary N) is 1. The zero-order valence-electron chi connectivity index (χ0n) is 11.4. The second kappa shape index (κ2) is 5.88. The fourth-order valence-corrected chi connectivity index (χ4v) is 4.29. The van der Waals surface area contributed by atoms with Crippen LogP contribution in [0.25, 0.3) is 0 Å². The Balaban J connectivity index is 1.74. The van der Waals surface area contributed by atoms with Gasteiger partial charge >= 0.3 is 0 Å². The van der Waals surface area contributed by atoms with Gasteiger partial charge < -0.3 is 10.1 Å². The Labute approximate surface area is 110 Å². The smallest absolute Gasteiger partial charge is 0.150 e. The summed E-state index contributed by atoms with van der Waals surface area (Å²) in [6, 6.07) is 0. The molecule has 0 radical (unpaired) electrons. The number of hydrogen-bond donors (Lipinski definition) is 1. The molecule has 2 fully saturated rings. The maximum Gasteiger partial charge on any atom is 0.150 e. The summed E-state index contributed by atoms with van der Waals surface area (Å²) in [7, 11) is -0.914. The third kappa shape index (κ3) is 3.68. The van der Waals surface area contributed by atoms with E-state index in [0.717, 1.165) is 44.6 Å². The largest absolute Gasteiger partial charge is 0.375 e. The lowest BCUT2D eigenvalue weighted by Crippen LogP contribution is -2.41. The SMILES string of the molecule is CNCC1CC(OC2CCCC(S(C)(=O)=O)C2)C1. The molecule has 0 aromatic heterocycles. The highest BCUT2D eigenvalue weighted by molar-refractivity contribution is 7.91. The summed E-state index contributed by atoms with van der Waals surface area (Å²) in [5, 5.41) is 3.01. The Kier molecular flexibility index (Phi) is 4.67. The van der Waals surface area contributed by atoms with Crippen LogP contribution in [0.4, 0.5) is 0 Å². The second-order valence-electron chi connectivity index (χ2n) is 5.89. The molecule has 2 atom stereocenters. The minimum absolute atomic E-state index is 0.166. The molecule has 0 aromatic carbocycles. The van der Waals surface area contributed by atoms with Crippen LogP contribution >= 0.6 is 0 Å². The average Bonchev–Trinajstić information content (AvgIpc) is 2.26. The van der Waals surface area contributed by atoms with Gasteiger partial charge in [-0.25, -0.2) is 8.42 Å². The van der Waals surface area contributed by atoms with Crippen molar-refractivity contribution in [2.24, 2.45) is 5.92 Å². The Bertz CT molecular complexity index is 362. The molecular formula is C13H25NO3S. The van der Waals surface area contributed by atoms with Crippen molar-refractivity contribution in [3.8, 4) is 0 Å². The molecule has 4 nitrogen and oxygen atoms in total. The first-order chi connectivity index (χ1) is 8.49. The van der Waals surface area contributed by atoms with Gasteiger partial charge in [0, 0.05) is 6.26 Å². The van der Waals surface area contributed by atoms with E-state index in [1.165, 1.54) is 6.26 Å². The van der Waals surface area contributed by atoms with Gasteiger partial charge in [-0.3, -0.25) is 0 Å². The molecule has 5 heteroatoms. The van der Waals surface area contributed by atoms with Gasteiger partial charge in [0.2, 0.25) is 0 Å². The molecule has 0 heterocycles. The van der Waals surface area contributed by atoms with Crippen LogP contribution in [0.2, 0.25) is 0 Å². The van der Waals surface area contributed by atoms with Gasteiger partial charge in [0.15, 0.2) is 0 Å². The highest BCUT2D eigenvalue weighted by atomic mass is 32.2. The van der Waals surface area contributed by atoms with Crippen molar-refractivity contribution in [2.75, 3.05) is 19.8 Å². The van der Waals surface area contributed by atoms with Crippen LogP contribution in [0.5, 0.6) is 0 Å². The summed E-state index contributed by atoms with van der Waals surface area (Å²) in [6.07, 6.45) is 7.66. The molecule has 2 unspecified atom stereocenters. The number of sulfone groups is 1. The van der Waals surface area contributed by atoms with Gasteiger partial charge in [-0.15, -0.1) is 0 Å². The summed E-state index contributed by atoms with van der Waals surface area (Å²) < 4.78 is 29.2. The van der Waals surface area contributed by atoms with E-state index in [0.29, 0.717) is 12.5 Å². The quantitative estimate of drug-likeness (QED) is 0.823. The predicted octanol–water partition coefficient (Wildman–Crippen LogP) is 1.36. The number of hydrogen-bond acceptors (Lipinski definition) is 4. The first-order valence-corrected chi connectivity index (χ1v) is 8.93. The fourth-order valence-electron chi connectivity index (χ4n) is 3.13. The molecule has 0 spiro atoms. The van der Waals surface area contributed by atoms with Crippen molar-refractivity contribution in [2.45, 2.75) is 56.0 Å². The molecule has 1 N–H and O–H groups in total. The molecule has 18 heavy (non-hydrogen) atoms. The zero-order chi connectivity index (χ0) is 13.2. The van der Waals surface area contributed by atoms with Crippen molar-refractivity contribution in [3.05, 3.63) is 0 Å². The van der Waals surface area contributed by atoms with Crippen molar-refractivity contribution in [3.63, 3.8) is 0 Å². The van der Waals surface area contributed by atoms with Gasteiger partial charge in [0.05, 0.1) is 17.5 Å². The van der Waals surface area contributed by atoms with Gasteiger partial charge in [-0.2, -0.15) is 0 Å². The topological polar surface area (TPSA) is 55.4 Å². The highest BCUT2D eigenvalue weighted by Gasteiger charge is 2.35. The lowest BCUT2D eigenvalue weighted by Gasteiger charge is -2.39. The normalized spacial score (nSPS) is 37.2. The van der Waals surface area contributed by atoms with Gasteiger partial charge in [-0.1, -0.05) is 0 Å². The Hall–Kier alpha value is -0.130. The molecule has 2 aliphatic carbocycles. The van der Waals surface area contributed by atoms with Crippen LogP contribution < -0.4 is 5.32 Å². The van der Waals surface area contributed by atoms with Gasteiger partial charge in [0.1, 0.15) is 9.84 Å². The first kappa shape index (κ1) is 14.3. The van der Waals surface area contributed by atoms with E-state index in [2.05, 4.69) is 5.32 Å². The number of rotatable bonds is 5. The van der Waals surface area contributed by atoms with E-state index in [1.807, 2.05) is 7.05 Å². The third-order valence-corrected chi connectivity index (χ3v) is 5.89. The average molecular weight is 275 g/mol. The Morgan fingerprint density at radius 3 is 2.50 bits per heavy atom. The van der Waals surface area contributed by atoms with Crippen LogP contribution in [0.15, 0.2) is 0 Å². The van der Waals surface area contributed by atoms with E-state index in [4.69, 9.17) is 4.74 Å². The van der Waals surface area contributed by atoms with Crippen LogP contribution in [-0.4, -0.2) is 45.7 Å². The van der Waals surface area contributed by atoms with Gasteiger partial charge in [0.25, 0.3) is 0 Å². The zero-order valence-corrected chi connectivity index (χ0v) is 12.2. The van der Waals surface area contributed by atoms with Crippen molar-refractivity contribution in [1.29, 1.82) is 0 Å². The molecule has 0 saturated heterocycles. The van der Waals surface area contributed by atoms with E-state index in [9.17, 15) is 8.42 Å².